The lowest BCUT2D eigenvalue weighted by molar-refractivity contribution is -0.0388. The number of hydrogen-bond donors (Lipinski definition) is 0. The van der Waals surface area contributed by atoms with Gasteiger partial charge in [-0.3, -0.25) is 4.79 Å². The summed E-state index contributed by atoms with van der Waals surface area (Å²) in [7, 11) is 0. The van der Waals surface area contributed by atoms with Gasteiger partial charge in [-0.2, -0.15) is 8.75 Å². The molecule has 2 unspecified atom stereocenters. The predicted octanol–water partition coefficient (Wildman–Crippen LogP) is 0.787. The lowest BCUT2D eigenvalue weighted by atomic mass is 10.2. The summed E-state index contributed by atoms with van der Waals surface area (Å²) in [5.74, 6) is -0.0496. The molecule has 2 atom stereocenters. The van der Waals surface area contributed by atoms with Gasteiger partial charge in [-0.25, -0.2) is 0 Å². The zero-order valence-electron chi connectivity index (χ0n) is 8.71. The fourth-order valence-electron chi connectivity index (χ4n) is 1.59. The van der Waals surface area contributed by atoms with E-state index in [-0.39, 0.29) is 18.1 Å². The van der Waals surface area contributed by atoms with Crippen molar-refractivity contribution >= 4 is 17.6 Å². The maximum Gasteiger partial charge on any atom is 0.275 e. The first-order chi connectivity index (χ1) is 7.18. The third-order valence-electron chi connectivity index (χ3n) is 2.45. The van der Waals surface area contributed by atoms with E-state index in [9.17, 15) is 4.79 Å². The van der Waals surface area contributed by atoms with Crippen LogP contribution in [0.25, 0.3) is 0 Å². The number of nitrogens with zero attached hydrogens (tertiary/aromatic N) is 3. The van der Waals surface area contributed by atoms with Gasteiger partial charge in [-0.1, -0.05) is 0 Å². The summed E-state index contributed by atoms with van der Waals surface area (Å²) >= 11 is 1.06. The van der Waals surface area contributed by atoms with Crippen LogP contribution in [-0.4, -0.2) is 44.9 Å². The third-order valence-corrected chi connectivity index (χ3v) is 2.93. The molecular formula is C9H13N3O2S. The van der Waals surface area contributed by atoms with Gasteiger partial charge in [0.2, 0.25) is 0 Å². The fourth-order valence-corrected chi connectivity index (χ4v) is 2.00. The maximum absolute atomic E-state index is 12.0. The molecule has 1 saturated heterocycles. The van der Waals surface area contributed by atoms with Gasteiger partial charge in [-0.15, -0.1) is 0 Å². The van der Waals surface area contributed by atoms with E-state index in [2.05, 4.69) is 8.75 Å². The molecule has 1 aromatic rings. The summed E-state index contributed by atoms with van der Waals surface area (Å²) in [5.41, 5.74) is 0.431. The van der Waals surface area contributed by atoms with Gasteiger partial charge >= 0.3 is 0 Å². The van der Waals surface area contributed by atoms with Crippen LogP contribution in [0.15, 0.2) is 6.20 Å². The molecule has 0 saturated carbocycles. The van der Waals surface area contributed by atoms with Crippen LogP contribution >= 0.6 is 11.7 Å². The van der Waals surface area contributed by atoms with Crippen LogP contribution in [0.1, 0.15) is 24.3 Å². The summed E-state index contributed by atoms with van der Waals surface area (Å²) < 4.78 is 13.2. The molecule has 1 fully saturated rings. The molecule has 6 heteroatoms. The number of carbonyl (C=O) groups excluding carboxylic acids is 1. The first-order valence-electron chi connectivity index (χ1n) is 4.88. The van der Waals surface area contributed by atoms with Crippen LogP contribution in [0.2, 0.25) is 0 Å². The molecule has 1 aromatic heterocycles. The predicted molar refractivity (Wildman–Crippen MR) is 55.8 cm³/mol. The molecule has 0 aliphatic carbocycles. The van der Waals surface area contributed by atoms with Crippen LogP contribution in [-0.2, 0) is 4.74 Å². The summed E-state index contributed by atoms with van der Waals surface area (Å²) in [6.45, 7) is 5.15. The van der Waals surface area contributed by atoms with Crippen LogP contribution in [0.5, 0.6) is 0 Å². The highest BCUT2D eigenvalue weighted by Crippen LogP contribution is 2.14. The lowest BCUT2D eigenvalue weighted by Crippen LogP contribution is -2.50. The maximum atomic E-state index is 12.0. The monoisotopic (exact) mass is 227 g/mol. The Kier molecular flexibility index (Phi) is 2.97. The summed E-state index contributed by atoms with van der Waals surface area (Å²) in [6, 6.07) is 0.107. The number of rotatable bonds is 1. The van der Waals surface area contributed by atoms with Gasteiger partial charge in [0, 0.05) is 6.54 Å². The average molecular weight is 227 g/mol. The smallest absolute Gasteiger partial charge is 0.275 e. The van der Waals surface area contributed by atoms with E-state index in [1.54, 1.807) is 4.90 Å². The van der Waals surface area contributed by atoms with Crippen molar-refractivity contribution in [3.63, 3.8) is 0 Å². The van der Waals surface area contributed by atoms with Crippen LogP contribution in [0, 0.1) is 0 Å². The van der Waals surface area contributed by atoms with Gasteiger partial charge in [0.15, 0.2) is 5.69 Å². The van der Waals surface area contributed by atoms with Crippen molar-refractivity contribution in [2.45, 2.75) is 26.0 Å². The van der Waals surface area contributed by atoms with Gasteiger partial charge in [0.25, 0.3) is 5.91 Å². The Morgan fingerprint density at radius 1 is 1.67 bits per heavy atom. The highest BCUT2D eigenvalue weighted by Gasteiger charge is 2.29. The fraction of sp³-hybridized carbons (Fsp3) is 0.667. The standard InChI is InChI=1S/C9H13N3O2S/c1-6-5-14-7(2)4-12(6)9(13)8-3-10-15-11-8/h3,6-7H,4-5H2,1-2H3. The molecule has 15 heavy (non-hydrogen) atoms. The zero-order chi connectivity index (χ0) is 10.8. The normalized spacial score (nSPS) is 26.7. The van der Waals surface area contributed by atoms with E-state index in [1.807, 2.05) is 13.8 Å². The Balaban J connectivity index is 2.12. The molecule has 0 bridgehead atoms. The summed E-state index contributed by atoms with van der Waals surface area (Å²) in [4.78, 5) is 13.8. The average Bonchev–Trinajstić information content (AvgIpc) is 2.74. The van der Waals surface area contributed by atoms with E-state index in [1.165, 1.54) is 6.20 Å². The van der Waals surface area contributed by atoms with Gasteiger partial charge < -0.3 is 9.64 Å². The number of carbonyl (C=O) groups is 1. The van der Waals surface area contributed by atoms with E-state index in [0.29, 0.717) is 18.8 Å². The molecule has 0 radical (unpaired) electrons. The second-order valence-electron chi connectivity index (χ2n) is 3.74. The molecule has 5 nitrogen and oxygen atoms in total. The second-order valence-corrected chi connectivity index (χ2v) is 4.30. The van der Waals surface area contributed by atoms with Crippen LogP contribution in [0.3, 0.4) is 0 Å². The van der Waals surface area contributed by atoms with Crippen molar-refractivity contribution in [3.8, 4) is 0 Å². The SMILES string of the molecule is CC1CN(C(=O)c2cnsn2)C(C)CO1. The number of hydrogen-bond acceptors (Lipinski definition) is 5. The highest BCUT2D eigenvalue weighted by molar-refractivity contribution is 6.99. The Morgan fingerprint density at radius 2 is 2.47 bits per heavy atom. The number of ether oxygens (including phenoxy) is 1. The van der Waals surface area contributed by atoms with Crippen molar-refractivity contribution < 1.29 is 9.53 Å². The first kappa shape index (κ1) is 10.5. The molecule has 1 aliphatic heterocycles. The van der Waals surface area contributed by atoms with Gasteiger partial charge in [-0.05, 0) is 13.8 Å². The van der Waals surface area contributed by atoms with Crippen molar-refractivity contribution in [1.29, 1.82) is 0 Å². The Labute approximate surface area is 92.4 Å². The van der Waals surface area contributed by atoms with Crippen molar-refractivity contribution in [2.75, 3.05) is 13.2 Å². The van der Waals surface area contributed by atoms with Crippen molar-refractivity contribution in [3.05, 3.63) is 11.9 Å². The molecule has 82 valence electrons. The number of amides is 1. The van der Waals surface area contributed by atoms with Crippen molar-refractivity contribution in [2.24, 2.45) is 0 Å². The molecule has 2 heterocycles. The molecule has 1 aliphatic rings. The first-order valence-corrected chi connectivity index (χ1v) is 5.61. The van der Waals surface area contributed by atoms with E-state index in [0.717, 1.165) is 11.7 Å². The minimum absolute atomic E-state index is 0.0496. The minimum atomic E-state index is -0.0496. The molecule has 0 N–H and O–H groups in total. The quantitative estimate of drug-likeness (QED) is 0.711. The third kappa shape index (κ3) is 2.15. The number of morpholine rings is 1. The molecule has 0 spiro atoms. The van der Waals surface area contributed by atoms with Gasteiger partial charge in [0.1, 0.15) is 0 Å². The van der Waals surface area contributed by atoms with Gasteiger partial charge in [0.05, 0.1) is 36.7 Å². The van der Waals surface area contributed by atoms with Crippen LogP contribution in [0.4, 0.5) is 0 Å². The van der Waals surface area contributed by atoms with Crippen LogP contribution < -0.4 is 0 Å². The molecule has 1 amide bonds. The largest absolute Gasteiger partial charge is 0.375 e. The molecule has 0 aromatic carbocycles. The Bertz CT molecular complexity index is 341. The summed E-state index contributed by atoms with van der Waals surface area (Å²) in [6.07, 6.45) is 1.61. The Morgan fingerprint density at radius 3 is 3.13 bits per heavy atom. The molecular weight excluding hydrogens is 214 g/mol. The van der Waals surface area contributed by atoms with E-state index < -0.39 is 0 Å². The number of aromatic nitrogens is 2. The lowest BCUT2D eigenvalue weighted by Gasteiger charge is -2.36. The Hall–Kier alpha value is -1.01. The highest BCUT2D eigenvalue weighted by atomic mass is 32.1. The molecule has 2 rings (SSSR count). The minimum Gasteiger partial charge on any atom is -0.375 e. The topological polar surface area (TPSA) is 55.3 Å². The van der Waals surface area contributed by atoms with E-state index >= 15 is 0 Å². The van der Waals surface area contributed by atoms with Crippen molar-refractivity contribution in [1.82, 2.24) is 13.6 Å². The summed E-state index contributed by atoms with van der Waals surface area (Å²) in [5, 5.41) is 0. The van der Waals surface area contributed by atoms with E-state index in [4.69, 9.17) is 4.74 Å². The zero-order valence-corrected chi connectivity index (χ0v) is 9.53. The second kappa shape index (κ2) is 4.24.